The summed E-state index contributed by atoms with van der Waals surface area (Å²) in [5.41, 5.74) is 1.69. The summed E-state index contributed by atoms with van der Waals surface area (Å²) in [7, 11) is 3.11. The van der Waals surface area contributed by atoms with Crippen LogP contribution in [0.1, 0.15) is 33.3 Å². The highest BCUT2D eigenvalue weighted by Crippen LogP contribution is 2.35. The second kappa shape index (κ2) is 9.77. The molecule has 7 heteroatoms. The van der Waals surface area contributed by atoms with Crippen molar-refractivity contribution in [1.82, 2.24) is 4.90 Å². The van der Waals surface area contributed by atoms with Gasteiger partial charge in [0.2, 0.25) is 0 Å². The Balaban J connectivity index is 2.07. The van der Waals surface area contributed by atoms with Gasteiger partial charge >= 0.3 is 0 Å². The molecule has 7 nitrogen and oxygen atoms in total. The van der Waals surface area contributed by atoms with Crippen LogP contribution < -0.4 is 19.5 Å². The maximum absolute atomic E-state index is 13.3. The van der Waals surface area contributed by atoms with Crippen molar-refractivity contribution >= 4 is 23.1 Å². The number of methoxy groups -OCH3 is 2. The zero-order valence-corrected chi connectivity index (χ0v) is 19.4. The van der Waals surface area contributed by atoms with E-state index in [0.29, 0.717) is 40.6 Å². The van der Waals surface area contributed by atoms with Crippen molar-refractivity contribution in [3.63, 3.8) is 0 Å². The quantitative estimate of drug-likeness (QED) is 0.587. The number of nitrogens with zero attached hydrogens (tertiary/aromatic N) is 1. The summed E-state index contributed by atoms with van der Waals surface area (Å²) in [5, 5.41) is 3.15. The molecule has 0 aromatic heterocycles. The van der Waals surface area contributed by atoms with Gasteiger partial charge in [0, 0.05) is 12.6 Å². The van der Waals surface area contributed by atoms with Crippen molar-refractivity contribution in [2.24, 2.45) is 5.92 Å². The summed E-state index contributed by atoms with van der Waals surface area (Å²) in [6.07, 6.45) is 0.0362. The first kappa shape index (κ1) is 23.2. The largest absolute Gasteiger partial charge is 0.497 e. The molecular formula is C25H30N2O5. The molecule has 2 amide bonds. The Morgan fingerprint density at radius 2 is 1.53 bits per heavy atom. The molecule has 1 heterocycles. The third-order valence-corrected chi connectivity index (χ3v) is 4.90. The molecule has 0 unspecified atom stereocenters. The number of imide groups is 1. The normalized spacial score (nSPS) is 13.9. The van der Waals surface area contributed by atoms with Crippen molar-refractivity contribution in [3.8, 4) is 17.2 Å². The zero-order valence-electron chi connectivity index (χ0n) is 19.4. The molecule has 1 N–H and O–H groups in total. The van der Waals surface area contributed by atoms with E-state index < -0.39 is 0 Å². The molecular weight excluding hydrogens is 408 g/mol. The predicted octanol–water partition coefficient (Wildman–Crippen LogP) is 4.34. The van der Waals surface area contributed by atoms with Gasteiger partial charge in [-0.25, -0.2) is 0 Å². The van der Waals surface area contributed by atoms with E-state index in [1.165, 1.54) is 4.90 Å². The summed E-state index contributed by atoms with van der Waals surface area (Å²) in [4.78, 5) is 27.9. The van der Waals surface area contributed by atoms with Gasteiger partial charge in [0.15, 0.2) is 0 Å². The lowest BCUT2D eigenvalue weighted by Gasteiger charge is -2.18. The second-order valence-corrected chi connectivity index (χ2v) is 8.25. The van der Waals surface area contributed by atoms with Crippen molar-refractivity contribution in [3.05, 3.63) is 53.7 Å². The third-order valence-electron chi connectivity index (χ3n) is 4.90. The molecule has 0 bridgehead atoms. The van der Waals surface area contributed by atoms with Gasteiger partial charge in [0.25, 0.3) is 11.8 Å². The molecule has 1 aliphatic heterocycles. The first-order valence-corrected chi connectivity index (χ1v) is 10.6. The van der Waals surface area contributed by atoms with E-state index in [1.54, 1.807) is 56.7 Å². The molecule has 2 aromatic rings. The summed E-state index contributed by atoms with van der Waals surface area (Å²) < 4.78 is 16.5. The fourth-order valence-corrected chi connectivity index (χ4v) is 3.51. The third kappa shape index (κ3) is 4.88. The minimum Gasteiger partial charge on any atom is -0.497 e. The highest BCUT2D eigenvalue weighted by molar-refractivity contribution is 6.36. The molecule has 0 spiro atoms. The number of hydrogen-bond donors (Lipinski definition) is 1. The Labute approximate surface area is 189 Å². The molecule has 0 radical (unpaired) electrons. The summed E-state index contributed by atoms with van der Waals surface area (Å²) >= 11 is 0. The van der Waals surface area contributed by atoms with Crippen LogP contribution in [0.15, 0.2) is 48.2 Å². The van der Waals surface area contributed by atoms with Gasteiger partial charge < -0.3 is 19.5 Å². The van der Waals surface area contributed by atoms with Crippen LogP contribution in [0, 0.1) is 5.92 Å². The number of nitrogens with one attached hydrogen (secondary N) is 1. The average Bonchev–Trinajstić information content (AvgIpc) is 2.98. The summed E-state index contributed by atoms with van der Waals surface area (Å²) in [6, 6.07) is 12.4. The number of ether oxygens (including phenoxy) is 3. The van der Waals surface area contributed by atoms with E-state index in [4.69, 9.17) is 14.2 Å². The minimum absolute atomic E-state index is 0.0362. The number of amides is 2. The number of hydrogen-bond acceptors (Lipinski definition) is 6. The van der Waals surface area contributed by atoms with Gasteiger partial charge in [-0.3, -0.25) is 14.5 Å². The van der Waals surface area contributed by atoms with Gasteiger partial charge in [-0.05, 0) is 49.6 Å². The predicted molar refractivity (Wildman–Crippen MR) is 124 cm³/mol. The Hall–Kier alpha value is -3.48. The number of rotatable bonds is 9. The van der Waals surface area contributed by atoms with E-state index in [0.717, 1.165) is 0 Å². The van der Waals surface area contributed by atoms with Gasteiger partial charge in [0.1, 0.15) is 22.9 Å². The van der Waals surface area contributed by atoms with Gasteiger partial charge in [-0.2, -0.15) is 0 Å². The van der Waals surface area contributed by atoms with Crippen molar-refractivity contribution < 1.29 is 23.8 Å². The molecule has 170 valence electrons. The number of carbonyl (C=O) groups is 2. The van der Waals surface area contributed by atoms with E-state index in [1.807, 2.05) is 27.7 Å². The smallest absolute Gasteiger partial charge is 0.278 e. The molecule has 1 aliphatic rings. The van der Waals surface area contributed by atoms with Crippen molar-refractivity contribution in [2.45, 2.75) is 33.8 Å². The van der Waals surface area contributed by atoms with Crippen LogP contribution in [-0.4, -0.2) is 43.6 Å². The van der Waals surface area contributed by atoms with Gasteiger partial charge in [-0.15, -0.1) is 0 Å². The van der Waals surface area contributed by atoms with Crippen LogP contribution in [0.3, 0.4) is 0 Å². The van der Waals surface area contributed by atoms with E-state index >= 15 is 0 Å². The lowest BCUT2D eigenvalue weighted by Crippen LogP contribution is -2.35. The molecule has 32 heavy (non-hydrogen) atoms. The topological polar surface area (TPSA) is 77.1 Å². The number of anilines is 1. The Morgan fingerprint density at radius 1 is 0.875 bits per heavy atom. The average molecular weight is 439 g/mol. The lowest BCUT2D eigenvalue weighted by molar-refractivity contribution is -0.137. The maximum Gasteiger partial charge on any atom is 0.278 e. The van der Waals surface area contributed by atoms with E-state index in [9.17, 15) is 9.59 Å². The Kier molecular flexibility index (Phi) is 7.08. The van der Waals surface area contributed by atoms with Crippen LogP contribution in [-0.2, 0) is 9.59 Å². The van der Waals surface area contributed by atoms with Crippen molar-refractivity contribution in [2.75, 3.05) is 26.1 Å². The minimum atomic E-state index is -0.369. The SMILES string of the molecule is COc1ccc(OC)c(NC2=C(c3ccc(OC(C)C)cc3)C(=O)N(CC(C)C)C2=O)c1. The fourth-order valence-electron chi connectivity index (χ4n) is 3.51. The fraction of sp³-hybridized carbons (Fsp3) is 0.360. The monoisotopic (exact) mass is 438 g/mol. The van der Waals surface area contributed by atoms with Crippen LogP contribution in [0.5, 0.6) is 17.2 Å². The number of benzene rings is 2. The summed E-state index contributed by atoms with van der Waals surface area (Å²) in [5.74, 6) is 1.26. The van der Waals surface area contributed by atoms with Crippen LogP contribution >= 0.6 is 0 Å². The molecule has 0 atom stereocenters. The highest BCUT2D eigenvalue weighted by Gasteiger charge is 2.39. The van der Waals surface area contributed by atoms with Crippen LogP contribution in [0.4, 0.5) is 5.69 Å². The van der Waals surface area contributed by atoms with Gasteiger partial charge in [0.05, 0.1) is 31.6 Å². The molecule has 0 fully saturated rings. The summed E-state index contributed by atoms with van der Waals surface area (Å²) in [6.45, 7) is 8.16. The Bertz CT molecular complexity index is 1030. The van der Waals surface area contributed by atoms with E-state index in [2.05, 4.69) is 5.32 Å². The van der Waals surface area contributed by atoms with E-state index in [-0.39, 0.29) is 29.5 Å². The molecule has 0 saturated heterocycles. The first-order chi connectivity index (χ1) is 15.2. The molecule has 0 saturated carbocycles. The van der Waals surface area contributed by atoms with Crippen molar-refractivity contribution in [1.29, 1.82) is 0 Å². The lowest BCUT2D eigenvalue weighted by atomic mass is 10.0. The van der Waals surface area contributed by atoms with Crippen LogP contribution in [0.25, 0.3) is 5.57 Å². The second-order valence-electron chi connectivity index (χ2n) is 8.25. The molecule has 0 aliphatic carbocycles. The zero-order chi connectivity index (χ0) is 23.4. The highest BCUT2D eigenvalue weighted by atomic mass is 16.5. The van der Waals surface area contributed by atoms with Gasteiger partial charge in [-0.1, -0.05) is 26.0 Å². The molecule has 2 aromatic carbocycles. The maximum atomic E-state index is 13.3. The standard InChI is InChI=1S/C25H30N2O5/c1-15(2)14-27-24(28)22(17-7-9-18(10-8-17)32-16(3)4)23(25(27)29)26-20-13-19(30-5)11-12-21(20)31-6/h7-13,15-16,26H,14H2,1-6H3. The Morgan fingerprint density at radius 3 is 2.09 bits per heavy atom. The first-order valence-electron chi connectivity index (χ1n) is 10.6. The number of carbonyl (C=O) groups excluding carboxylic acids is 2. The molecule has 3 rings (SSSR count). The van der Waals surface area contributed by atoms with Crippen LogP contribution in [0.2, 0.25) is 0 Å².